The second-order valence-electron chi connectivity index (χ2n) is 4.23. The molecule has 104 valence electrons. The SMILES string of the molecule is CC.CC#Cc1cc(C)c(-c2ncccc2C)c(O)c1. The van der Waals surface area contributed by atoms with Crippen molar-refractivity contribution in [2.75, 3.05) is 0 Å². The number of pyridine rings is 1. The predicted molar refractivity (Wildman–Crippen MR) is 84.7 cm³/mol. The highest BCUT2D eigenvalue weighted by atomic mass is 16.3. The van der Waals surface area contributed by atoms with Crippen molar-refractivity contribution in [1.29, 1.82) is 0 Å². The number of rotatable bonds is 1. The van der Waals surface area contributed by atoms with Crippen molar-refractivity contribution in [1.82, 2.24) is 4.98 Å². The van der Waals surface area contributed by atoms with Crippen LogP contribution in [0.1, 0.15) is 37.5 Å². The minimum absolute atomic E-state index is 0.231. The third-order valence-corrected chi connectivity index (χ3v) is 2.83. The maximum absolute atomic E-state index is 10.2. The van der Waals surface area contributed by atoms with Crippen molar-refractivity contribution in [3.05, 3.63) is 47.2 Å². The first kappa shape index (κ1) is 15.8. The quantitative estimate of drug-likeness (QED) is 0.773. The fourth-order valence-electron chi connectivity index (χ4n) is 2.04. The summed E-state index contributed by atoms with van der Waals surface area (Å²) in [5.41, 5.74) is 4.46. The Labute approximate surface area is 121 Å². The number of aromatic hydroxyl groups is 1. The van der Waals surface area contributed by atoms with Crippen molar-refractivity contribution in [2.24, 2.45) is 0 Å². The summed E-state index contributed by atoms with van der Waals surface area (Å²) in [6.07, 6.45) is 1.74. The standard InChI is InChI=1S/C16H15NO.C2H6/c1-4-6-13-9-12(3)15(14(18)10-13)16-11(2)7-5-8-17-16;1-2/h5,7-10,18H,1-3H3;1-2H3. The van der Waals surface area contributed by atoms with Gasteiger partial charge in [0.2, 0.25) is 0 Å². The maximum Gasteiger partial charge on any atom is 0.126 e. The Morgan fingerprint density at radius 3 is 2.35 bits per heavy atom. The maximum atomic E-state index is 10.2. The van der Waals surface area contributed by atoms with E-state index >= 15 is 0 Å². The highest BCUT2D eigenvalue weighted by Crippen LogP contribution is 2.33. The highest BCUT2D eigenvalue weighted by molar-refractivity contribution is 5.74. The van der Waals surface area contributed by atoms with Crippen LogP contribution in [0.3, 0.4) is 0 Å². The van der Waals surface area contributed by atoms with E-state index in [1.165, 1.54) is 0 Å². The van der Waals surface area contributed by atoms with E-state index in [9.17, 15) is 5.11 Å². The van der Waals surface area contributed by atoms with Gasteiger partial charge in [-0.1, -0.05) is 25.8 Å². The van der Waals surface area contributed by atoms with Crippen molar-refractivity contribution in [3.63, 3.8) is 0 Å². The molecular formula is C18H21NO. The Hall–Kier alpha value is -2.27. The van der Waals surface area contributed by atoms with Gasteiger partial charge in [0.1, 0.15) is 5.75 Å². The summed E-state index contributed by atoms with van der Waals surface area (Å²) >= 11 is 0. The second-order valence-corrected chi connectivity index (χ2v) is 4.23. The van der Waals surface area contributed by atoms with Crippen LogP contribution in [-0.2, 0) is 0 Å². The van der Waals surface area contributed by atoms with E-state index in [0.717, 1.165) is 27.9 Å². The molecule has 2 aromatic rings. The van der Waals surface area contributed by atoms with Crippen molar-refractivity contribution in [2.45, 2.75) is 34.6 Å². The molecule has 0 spiro atoms. The minimum atomic E-state index is 0.231. The largest absolute Gasteiger partial charge is 0.507 e. The molecule has 1 aromatic heterocycles. The number of benzene rings is 1. The molecular weight excluding hydrogens is 246 g/mol. The van der Waals surface area contributed by atoms with Gasteiger partial charge in [0.05, 0.1) is 5.69 Å². The zero-order valence-corrected chi connectivity index (χ0v) is 12.8. The lowest BCUT2D eigenvalue weighted by Gasteiger charge is -2.11. The van der Waals surface area contributed by atoms with Crippen LogP contribution in [0.25, 0.3) is 11.3 Å². The average Bonchev–Trinajstić information content (AvgIpc) is 2.43. The van der Waals surface area contributed by atoms with E-state index in [-0.39, 0.29) is 5.75 Å². The number of hydrogen-bond acceptors (Lipinski definition) is 2. The topological polar surface area (TPSA) is 33.1 Å². The summed E-state index contributed by atoms with van der Waals surface area (Å²) in [5, 5.41) is 10.2. The van der Waals surface area contributed by atoms with E-state index in [2.05, 4.69) is 16.8 Å². The summed E-state index contributed by atoms with van der Waals surface area (Å²) in [6, 6.07) is 7.54. The molecule has 0 unspecified atom stereocenters. The number of nitrogens with zero attached hydrogens (tertiary/aromatic N) is 1. The molecule has 0 fully saturated rings. The van der Waals surface area contributed by atoms with Crippen LogP contribution in [-0.4, -0.2) is 10.1 Å². The molecule has 0 radical (unpaired) electrons. The van der Waals surface area contributed by atoms with Gasteiger partial charge in [-0.3, -0.25) is 4.98 Å². The molecule has 1 aromatic carbocycles. The van der Waals surface area contributed by atoms with Crippen LogP contribution in [0.4, 0.5) is 0 Å². The molecule has 0 aliphatic heterocycles. The highest BCUT2D eigenvalue weighted by Gasteiger charge is 2.12. The third kappa shape index (κ3) is 3.39. The molecule has 2 rings (SSSR count). The van der Waals surface area contributed by atoms with Gasteiger partial charge in [-0.25, -0.2) is 0 Å². The molecule has 0 atom stereocenters. The second kappa shape index (κ2) is 7.35. The van der Waals surface area contributed by atoms with Crippen LogP contribution in [0, 0.1) is 25.7 Å². The van der Waals surface area contributed by atoms with E-state index in [0.29, 0.717) is 0 Å². The van der Waals surface area contributed by atoms with Gasteiger partial charge in [0, 0.05) is 17.3 Å². The number of aromatic nitrogens is 1. The summed E-state index contributed by atoms with van der Waals surface area (Å²) in [6.45, 7) is 9.73. The molecule has 0 aliphatic rings. The lowest BCUT2D eigenvalue weighted by molar-refractivity contribution is 0.476. The first-order valence-electron chi connectivity index (χ1n) is 6.82. The lowest BCUT2D eigenvalue weighted by atomic mass is 9.98. The zero-order valence-electron chi connectivity index (χ0n) is 12.8. The fraction of sp³-hybridized carbons (Fsp3) is 0.278. The van der Waals surface area contributed by atoms with E-state index in [4.69, 9.17) is 0 Å². The van der Waals surface area contributed by atoms with Gasteiger partial charge >= 0.3 is 0 Å². The molecule has 2 nitrogen and oxygen atoms in total. The van der Waals surface area contributed by atoms with E-state index < -0.39 is 0 Å². The molecule has 1 N–H and O–H groups in total. The molecule has 0 saturated heterocycles. The smallest absolute Gasteiger partial charge is 0.126 e. The molecule has 0 bridgehead atoms. The Morgan fingerprint density at radius 1 is 1.10 bits per heavy atom. The average molecular weight is 267 g/mol. The minimum Gasteiger partial charge on any atom is -0.507 e. The molecule has 20 heavy (non-hydrogen) atoms. The van der Waals surface area contributed by atoms with E-state index in [1.807, 2.05) is 45.9 Å². The van der Waals surface area contributed by atoms with Crippen LogP contribution in [0.5, 0.6) is 5.75 Å². The van der Waals surface area contributed by atoms with Gasteiger partial charge in [-0.2, -0.15) is 0 Å². The van der Waals surface area contributed by atoms with Gasteiger partial charge in [0.15, 0.2) is 0 Å². The molecule has 1 heterocycles. The van der Waals surface area contributed by atoms with Gasteiger partial charge in [-0.05, 0) is 50.1 Å². The van der Waals surface area contributed by atoms with Gasteiger partial charge in [-0.15, -0.1) is 5.92 Å². The Morgan fingerprint density at radius 2 is 1.80 bits per heavy atom. The van der Waals surface area contributed by atoms with E-state index in [1.54, 1.807) is 19.2 Å². The van der Waals surface area contributed by atoms with Crippen LogP contribution in [0.15, 0.2) is 30.5 Å². The Balaban J connectivity index is 0.000000956. The first-order chi connectivity index (χ1) is 9.63. The van der Waals surface area contributed by atoms with Crippen LogP contribution >= 0.6 is 0 Å². The third-order valence-electron chi connectivity index (χ3n) is 2.83. The number of phenols is 1. The molecule has 0 aliphatic carbocycles. The van der Waals surface area contributed by atoms with Crippen molar-refractivity contribution in [3.8, 4) is 28.8 Å². The summed E-state index contributed by atoms with van der Waals surface area (Å²) in [4.78, 5) is 4.35. The predicted octanol–water partition coefficient (Wildman–Crippen LogP) is 4.47. The summed E-state index contributed by atoms with van der Waals surface area (Å²) < 4.78 is 0. The molecule has 0 amide bonds. The normalized spacial score (nSPS) is 9.05. The summed E-state index contributed by atoms with van der Waals surface area (Å²) in [7, 11) is 0. The van der Waals surface area contributed by atoms with Gasteiger partial charge in [0.25, 0.3) is 0 Å². The number of aryl methyl sites for hydroxylation is 2. The fourth-order valence-corrected chi connectivity index (χ4v) is 2.04. The number of phenolic OH excluding ortho intramolecular Hbond substituents is 1. The lowest BCUT2D eigenvalue weighted by Crippen LogP contribution is -1.92. The first-order valence-corrected chi connectivity index (χ1v) is 6.82. The summed E-state index contributed by atoms with van der Waals surface area (Å²) in [5.74, 6) is 6.02. The molecule has 0 saturated carbocycles. The van der Waals surface area contributed by atoms with Crippen LogP contribution in [0.2, 0.25) is 0 Å². The Kier molecular flexibility index (Phi) is 5.80. The Bertz CT molecular complexity index is 625. The monoisotopic (exact) mass is 267 g/mol. The van der Waals surface area contributed by atoms with Gasteiger partial charge < -0.3 is 5.11 Å². The molecule has 2 heteroatoms. The van der Waals surface area contributed by atoms with Crippen LogP contribution < -0.4 is 0 Å². The van der Waals surface area contributed by atoms with Crippen molar-refractivity contribution >= 4 is 0 Å². The van der Waals surface area contributed by atoms with Crippen molar-refractivity contribution < 1.29 is 5.11 Å². The zero-order chi connectivity index (χ0) is 15.1. The number of hydrogen-bond donors (Lipinski definition) is 1.